The molecule has 1 fully saturated rings. The van der Waals surface area contributed by atoms with Gasteiger partial charge in [0, 0.05) is 49.3 Å². The van der Waals surface area contributed by atoms with Gasteiger partial charge < -0.3 is 19.3 Å². The van der Waals surface area contributed by atoms with Crippen molar-refractivity contribution in [3.63, 3.8) is 0 Å². The van der Waals surface area contributed by atoms with Crippen LogP contribution in [0.4, 0.5) is 0 Å². The SMILES string of the molecule is COc1ccc(CN2CCN(CCN=[N+]=[N-])C(=O)C2=O)c(OC)c1. The van der Waals surface area contributed by atoms with E-state index in [1.165, 1.54) is 9.80 Å². The molecule has 0 aromatic heterocycles. The molecule has 0 saturated carbocycles. The Labute approximate surface area is 139 Å². The molecule has 0 N–H and O–H groups in total. The molecule has 2 rings (SSSR count). The van der Waals surface area contributed by atoms with Crippen LogP contribution >= 0.6 is 0 Å². The molecule has 0 aliphatic carbocycles. The Bertz CT molecular complexity index is 672. The fraction of sp³-hybridized carbons (Fsp3) is 0.467. The largest absolute Gasteiger partial charge is 0.497 e. The predicted molar refractivity (Wildman–Crippen MR) is 85.6 cm³/mol. The number of benzene rings is 1. The lowest BCUT2D eigenvalue weighted by atomic mass is 10.1. The van der Waals surface area contributed by atoms with E-state index in [-0.39, 0.29) is 19.6 Å². The van der Waals surface area contributed by atoms with Crippen molar-refractivity contribution in [3.05, 3.63) is 34.2 Å². The summed E-state index contributed by atoms with van der Waals surface area (Å²) >= 11 is 0. The van der Waals surface area contributed by atoms with Gasteiger partial charge in [-0.15, -0.1) is 0 Å². The molecule has 0 spiro atoms. The van der Waals surface area contributed by atoms with E-state index in [1.807, 2.05) is 6.07 Å². The molecule has 2 amide bonds. The third-order valence-electron chi connectivity index (χ3n) is 3.79. The molecule has 1 aliphatic rings. The van der Waals surface area contributed by atoms with E-state index in [1.54, 1.807) is 26.4 Å². The van der Waals surface area contributed by atoms with Crippen LogP contribution in [-0.4, -0.2) is 62.0 Å². The van der Waals surface area contributed by atoms with Crippen LogP contribution in [0.3, 0.4) is 0 Å². The summed E-state index contributed by atoms with van der Waals surface area (Å²) in [5.41, 5.74) is 9.06. The number of piperazine rings is 1. The second kappa shape index (κ2) is 8.07. The Morgan fingerprint density at radius 1 is 1.17 bits per heavy atom. The number of methoxy groups -OCH3 is 2. The van der Waals surface area contributed by atoms with Gasteiger partial charge in [0.05, 0.1) is 14.2 Å². The summed E-state index contributed by atoms with van der Waals surface area (Å²) in [5, 5.41) is 3.38. The molecule has 0 radical (unpaired) electrons. The highest BCUT2D eigenvalue weighted by Crippen LogP contribution is 2.26. The maximum absolute atomic E-state index is 12.3. The van der Waals surface area contributed by atoms with Gasteiger partial charge in [-0.25, -0.2) is 0 Å². The minimum Gasteiger partial charge on any atom is -0.497 e. The van der Waals surface area contributed by atoms with Gasteiger partial charge in [-0.2, -0.15) is 0 Å². The molecule has 9 heteroatoms. The fourth-order valence-electron chi connectivity index (χ4n) is 2.48. The summed E-state index contributed by atoms with van der Waals surface area (Å²) < 4.78 is 10.5. The topological polar surface area (TPSA) is 108 Å². The molecule has 0 unspecified atom stereocenters. The molecule has 0 atom stereocenters. The lowest BCUT2D eigenvalue weighted by Crippen LogP contribution is -2.54. The maximum Gasteiger partial charge on any atom is 0.312 e. The second-order valence-electron chi connectivity index (χ2n) is 5.15. The van der Waals surface area contributed by atoms with E-state index < -0.39 is 11.8 Å². The average Bonchev–Trinajstić information content (AvgIpc) is 2.61. The Balaban J connectivity index is 2.05. The van der Waals surface area contributed by atoms with Crippen molar-refractivity contribution in [2.45, 2.75) is 6.54 Å². The molecule has 1 heterocycles. The Kier molecular flexibility index (Phi) is 5.86. The van der Waals surface area contributed by atoms with Crippen LogP contribution in [0, 0.1) is 0 Å². The number of rotatable bonds is 7. The number of carbonyl (C=O) groups excluding carboxylic acids is 2. The fourth-order valence-corrected chi connectivity index (χ4v) is 2.48. The molecule has 0 bridgehead atoms. The quantitative estimate of drug-likeness (QED) is 0.323. The number of amides is 2. The molecule has 24 heavy (non-hydrogen) atoms. The molecule has 1 aromatic rings. The van der Waals surface area contributed by atoms with Gasteiger partial charge in [0.15, 0.2) is 0 Å². The van der Waals surface area contributed by atoms with E-state index in [0.717, 1.165) is 5.56 Å². The van der Waals surface area contributed by atoms with Crippen LogP contribution in [0.5, 0.6) is 11.5 Å². The van der Waals surface area contributed by atoms with Crippen molar-refractivity contribution in [2.24, 2.45) is 5.11 Å². The van der Waals surface area contributed by atoms with E-state index in [0.29, 0.717) is 24.6 Å². The predicted octanol–water partition coefficient (Wildman–Crippen LogP) is 1.18. The zero-order valence-corrected chi connectivity index (χ0v) is 13.6. The summed E-state index contributed by atoms with van der Waals surface area (Å²) in [7, 11) is 3.10. The minimum absolute atomic E-state index is 0.155. The van der Waals surface area contributed by atoms with Crippen molar-refractivity contribution in [2.75, 3.05) is 40.4 Å². The van der Waals surface area contributed by atoms with Gasteiger partial charge >= 0.3 is 11.8 Å². The normalized spacial score (nSPS) is 14.4. The van der Waals surface area contributed by atoms with E-state index in [9.17, 15) is 9.59 Å². The van der Waals surface area contributed by atoms with Crippen LogP contribution in [0.15, 0.2) is 23.3 Å². The summed E-state index contributed by atoms with van der Waals surface area (Å²) in [6, 6.07) is 5.32. The van der Waals surface area contributed by atoms with Crippen LogP contribution in [0.1, 0.15) is 5.56 Å². The Morgan fingerprint density at radius 3 is 2.54 bits per heavy atom. The minimum atomic E-state index is -0.582. The number of hydrogen-bond acceptors (Lipinski definition) is 5. The number of ether oxygens (including phenoxy) is 2. The molecule has 9 nitrogen and oxygen atoms in total. The Hall–Kier alpha value is -2.93. The summed E-state index contributed by atoms with van der Waals surface area (Å²) in [6.45, 7) is 1.50. The first kappa shape index (κ1) is 17.4. The van der Waals surface area contributed by atoms with Gasteiger partial charge in [0.25, 0.3) is 0 Å². The summed E-state index contributed by atoms with van der Waals surface area (Å²) in [4.78, 5) is 29.9. The van der Waals surface area contributed by atoms with Crippen LogP contribution in [0.2, 0.25) is 0 Å². The molecule has 1 aromatic carbocycles. The van der Waals surface area contributed by atoms with E-state index in [2.05, 4.69) is 10.0 Å². The van der Waals surface area contributed by atoms with Crippen molar-refractivity contribution >= 4 is 11.8 Å². The maximum atomic E-state index is 12.3. The highest BCUT2D eigenvalue weighted by Gasteiger charge is 2.32. The molecule has 128 valence electrons. The van der Waals surface area contributed by atoms with Gasteiger partial charge in [0.2, 0.25) is 0 Å². The molecule has 1 saturated heterocycles. The Morgan fingerprint density at radius 2 is 1.88 bits per heavy atom. The lowest BCUT2D eigenvalue weighted by Gasteiger charge is -2.33. The van der Waals surface area contributed by atoms with Crippen LogP contribution < -0.4 is 9.47 Å². The number of carbonyl (C=O) groups is 2. The first-order valence-corrected chi connectivity index (χ1v) is 7.40. The van der Waals surface area contributed by atoms with Crippen molar-refractivity contribution < 1.29 is 19.1 Å². The highest BCUT2D eigenvalue weighted by molar-refractivity contribution is 6.35. The third kappa shape index (κ3) is 3.88. The lowest BCUT2D eigenvalue weighted by molar-refractivity contribution is -0.156. The number of azide groups is 1. The zero-order valence-electron chi connectivity index (χ0n) is 13.6. The summed E-state index contributed by atoms with van der Waals surface area (Å²) in [5.74, 6) is 0.100. The molecular formula is C15H19N5O4. The smallest absolute Gasteiger partial charge is 0.312 e. The first-order valence-electron chi connectivity index (χ1n) is 7.40. The molecule has 1 aliphatic heterocycles. The second-order valence-corrected chi connectivity index (χ2v) is 5.15. The summed E-state index contributed by atoms with van der Waals surface area (Å²) in [6.07, 6.45) is 0. The van der Waals surface area contributed by atoms with Crippen LogP contribution in [0.25, 0.3) is 10.4 Å². The van der Waals surface area contributed by atoms with Gasteiger partial charge in [-0.1, -0.05) is 5.11 Å². The number of nitrogens with zero attached hydrogens (tertiary/aromatic N) is 5. The van der Waals surface area contributed by atoms with Gasteiger partial charge in [0.1, 0.15) is 11.5 Å². The first-order chi connectivity index (χ1) is 11.6. The molecular weight excluding hydrogens is 314 g/mol. The zero-order chi connectivity index (χ0) is 17.5. The van der Waals surface area contributed by atoms with E-state index in [4.69, 9.17) is 15.0 Å². The van der Waals surface area contributed by atoms with Crippen molar-refractivity contribution in [1.29, 1.82) is 0 Å². The highest BCUT2D eigenvalue weighted by atomic mass is 16.5. The van der Waals surface area contributed by atoms with Gasteiger partial charge in [-0.3, -0.25) is 9.59 Å². The average molecular weight is 333 g/mol. The number of hydrogen-bond donors (Lipinski definition) is 0. The van der Waals surface area contributed by atoms with Crippen molar-refractivity contribution in [1.82, 2.24) is 9.80 Å². The van der Waals surface area contributed by atoms with Crippen molar-refractivity contribution in [3.8, 4) is 11.5 Å². The monoisotopic (exact) mass is 333 g/mol. The third-order valence-corrected chi connectivity index (χ3v) is 3.79. The van der Waals surface area contributed by atoms with Gasteiger partial charge in [-0.05, 0) is 17.7 Å². The van der Waals surface area contributed by atoms with Crippen LogP contribution in [-0.2, 0) is 16.1 Å². The standard InChI is InChI=1S/C15H19N5O4/c1-23-12-4-3-11(13(9-12)24-2)10-20-8-7-19(6-5-17-18-16)14(21)15(20)22/h3-4,9H,5-8,10H2,1-2H3. The van der Waals surface area contributed by atoms with E-state index >= 15 is 0 Å².